The van der Waals surface area contributed by atoms with Gasteiger partial charge in [0.1, 0.15) is 0 Å². The molecular weight excluding hydrogens is 266 g/mol. The normalized spacial score (nSPS) is 32.7. The lowest BCUT2D eigenvalue weighted by Crippen LogP contribution is -2.58. The first-order valence-electron chi connectivity index (χ1n) is 8.43. The number of likely N-dealkylation sites (tertiary alicyclic amines) is 1. The molecule has 2 aliphatic heterocycles. The number of ether oxygens (including phenoxy) is 2. The third-order valence-corrected chi connectivity index (χ3v) is 5.18. The monoisotopic (exact) mass is 293 g/mol. The number of carbonyl (C=O) groups is 1. The van der Waals surface area contributed by atoms with Crippen LogP contribution in [0.4, 0.5) is 0 Å². The fourth-order valence-electron chi connectivity index (χ4n) is 4.05. The predicted octanol–water partition coefficient (Wildman–Crippen LogP) is 2.53. The van der Waals surface area contributed by atoms with Crippen molar-refractivity contribution in [2.45, 2.75) is 51.6 Å². The van der Waals surface area contributed by atoms with Crippen molar-refractivity contribution in [3.05, 3.63) is 11.6 Å². The highest BCUT2D eigenvalue weighted by molar-refractivity contribution is 5.93. The summed E-state index contributed by atoms with van der Waals surface area (Å²) in [7, 11) is 0. The highest BCUT2D eigenvalue weighted by atomic mass is 16.5. The minimum atomic E-state index is 0.0152. The lowest BCUT2D eigenvalue weighted by atomic mass is 9.73. The first-order valence-corrected chi connectivity index (χ1v) is 8.43. The molecule has 1 aliphatic carbocycles. The van der Waals surface area contributed by atoms with Crippen LogP contribution in [-0.2, 0) is 14.3 Å². The van der Waals surface area contributed by atoms with Gasteiger partial charge in [-0.15, -0.1) is 0 Å². The Balaban J connectivity index is 1.72. The molecule has 0 radical (unpaired) electrons. The Morgan fingerprint density at radius 1 is 1.52 bits per heavy atom. The third kappa shape index (κ3) is 3.02. The zero-order valence-electron chi connectivity index (χ0n) is 13.1. The van der Waals surface area contributed by atoms with Gasteiger partial charge in [-0.05, 0) is 45.4 Å². The first kappa shape index (κ1) is 15.0. The Morgan fingerprint density at radius 3 is 3.19 bits per heavy atom. The number of fused-ring (bicyclic) bond motifs is 1. The van der Waals surface area contributed by atoms with Crippen molar-refractivity contribution in [3.63, 3.8) is 0 Å². The summed E-state index contributed by atoms with van der Waals surface area (Å²) in [5, 5.41) is 0. The molecule has 2 saturated heterocycles. The Morgan fingerprint density at radius 2 is 2.43 bits per heavy atom. The molecule has 2 fully saturated rings. The fraction of sp³-hybridized carbons (Fsp3) is 0.824. The Hall–Kier alpha value is -0.870. The van der Waals surface area contributed by atoms with Crippen molar-refractivity contribution < 1.29 is 14.3 Å². The summed E-state index contributed by atoms with van der Waals surface area (Å²) in [5.74, 6) is 0.257. The van der Waals surface area contributed by atoms with Crippen LogP contribution in [0.3, 0.4) is 0 Å². The number of hydrogen-bond acceptors (Lipinski definition) is 3. The highest BCUT2D eigenvalue weighted by Crippen LogP contribution is 2.41. The number of piperidine rings is 1. The van der Waals surface area contributed by atoms with Crippen molar-refractivity contribution in [1.82, 2.24) is 4.90 Å². The van der Waals surface area contributed by atoms with Gasteiger partial charge >= 0.3 is 0 Å². The number of carbonyl (C=O) groups excluding carboxylic acids is 1. The SMILES string of the molecule is CCOC[C@@]12CCCO[C@H]1CCN(C(=O)C1=CCCC1)C2. The third-order valence-electron chi connectivity index (χ3n) is 5.18. The van der Waals surface area contributed by atoms with Gasteiger partial charge in [0, 0.05) is 37.3 Å². The topological polar surface area (TPSA) is 38.8 Å². The average molecular weight is 293 g/mol. The molecular formula is C17H27NO3. The van der Waals surface area contributed by atoms with E-state index in [0.717, 1.165) is 77.0 Å². The molecule has 2 atom stereocenters. The average Bonchev–Trinajstić information content (AvgIpc) is 3.06. The lowest BCUT2D eigenvalue weighted by Gasteiger charge is -2.50. The summed E-state index contributed by atoms with van der Waals surface area (Å²) in [4.78, 5) is 14.7. The van der Waals surface area contributed by atoms with Crippen molar-refractivity contribution in [1.29, 1.82) is 0 Å². The molecule has 1 amide bonds. The molecule has 118 valence electrons. The van der Waals surface area contributed by atoms with Gasteiger partial charge in [-0.25, -0.2) is 0 Å². The highest BCUT2D eigenvalue weighted by Gasteiger charge is 2.47. The van der Waals surface area contributed by atoms with Crippen molar-refractivity contribution in [3.8, 4) is 0 Å². The second-order valence-corrected chi connectivity index (χ2v) is 6.60. The van der Waals surface area contributed by atoms with E-state index < -0.39 is 0 Å². The van der Waals surface area contributed by atoms with Crippen LogP contribution in [0.1, 0.15) is 45.4 Å². The molecule has 0 spiro atoms. The van der Waals surface area contributed by atoms with Crippen LogP contribution < -0.4 is 0 Å². The largest absolute Gasteiger partial charge is 0.381 e. The second-order valence-electron chi connectivity index (χ2n) is 6.60. The van der Waals surface area contributed by atoms with Crippen LogP contribution in [0.25, 0.3) is 0 Å². The lowest BCUT2D eigenvalue weighted by molar-refractivity contribution is -0.162. The van der Waals surface area contributed by atoms with E-state index in [4.69, 9.17) is 9.47 Å². The molecule has 0 unspecified atom stereocenters. The smallest absolute Gasteiger partial charge is 0.249 e. The number of allylic oxidation sites excluding steroid dienone is 1. The van der Waals surface area contributed by atoms with Crippen LogP contribution in [0.15, 0.2) is 11.6 Å². The van der Waals surface area contributed by atoms with E-state index in [1.807, 2.05) is 6.92 Å². The summed E-state index contributed by atoms with van der Waals surface area (Å²) < 4.78 is 11.8. The number of hydrogen-bond donors (Lipinski definition) is 0. The second kappa shape index (κ2) is 6.49. The number of nitrogens with zero attached hydrogens (tertiary/aromatic N) is 1. The minimum Gasteiger partial charge on any atom is -0.381 e. The van der Waals surface area contributed by atoms with Gasteiger partial charge in [-0.1, -0.05) is 6.08 Å². The van der Waals surface area contributed by atoms with E-state index in [2.05, 4.69) is 11.0 Å². The molecule has 0 bridgehead atoms. The molecule has 21 heavy (non-hydrogen) atoms. The summed E-state index contributed by atoms with van der Waals surface area (Å²) in [6.07, 6.45) is 8.67. The van der Waals surface area contributed by atoms with E-state index in [1.54, 1.807) is 0 Å². The standard InChI is InChI=1S/C17H27NO3/c1-2-20-13-17-9-5-11-21-15(17)8-10-18(12-17)16(19)14-6-3-4-7-14/h6,15H,2-5,7-13H2,1H3/t15-,17-/m0/s1. The van der Waals surface area contributed by atoms with Gasteiger partial charge in [-0.3, -0.25) is 4.79 Å². The van der Waals surface area contributed by atoms with E-state index in [0.29, 0.717) is 0 Å². The first-order chi connectivity index (χ1) is 10.2. The quantitative estimate of drug-likeness (QED) is 0.799. The number of amides is 1. The zero-order chi connectivity index (χ0) is 14.7. The summed E-state index contributed by atoms with van der Waals surface area (Å²) in [6, 6.07) is 0. The van der Waals surface area contributed by atoms with Crippen LogP contribution in [0.2, 0.25) is 0 Å². The van der Waals surface area contributed by atoms with E-state index in [9.17, 15) is 4.79 Å². The van der Waals surface area contributed by atoms with Gasteiger partial charge < -0.3 is 14.4 Å². The molecule has 0 aromatic heterocycles. The molecule has 2 heterocycles. The van der Waals surface area contributed by atoms with Crippen molar-refractivity contribution in [2.24, 2.45) is 5.41 Å². The van der Waals surface area contributed by atoms with Gasteiger partial charge in [0.25, 0.3) is 0 Å². The minimum absolute atomic E-state index is 0.0152. The van der Waals surface area contributed by atoms with E-state index >= 15 is 0 Å². The van der Waals surface area contributed by atoms with Crippen molar-refractivity contribution in [2.75, 3.05) is 32.9 Å². The maximum Gasteiger partial charge on any atom is 0.249 e. The maximum absolute atomic E-state index is 12.7. The summed E-state index contributed by atoms with van der Waals surface area (Å²) in [6.45, 7) is 5.97. The van der Waals surface area contributed by atoms with Gasteiger partial charge in [0.2, 0.25) is 5.91 Å². The predicted molar refractivity (Wildman–Crippen MR) is 81.0 cm³/mol. The van der Waals surface area contributed by atoms with Gasteiger partial charge in [-0.2, -0.15) is 0 Å². The molecule has 0 aromatic rings. The molecule has 3 rings (SSSR count). The summed E-state index contributed by atoms with van der Waals surface area (Å²) >= 11 is 0. The van der Waals surface area contributed by atoms with Crippen LogP contribution >= 0.6 is 0 Å². The Bertz CT molecular complexity index is 420. The van der Waals surface area contributed by atoms with Crippen molar-refractivity contribution >= 4 is 5.91 Å². The molecule has 0 aromatic carbocycles. The Kier molecular flexibility index (Phi) is 4.65. The van der Waals surface area contributed by atoms with Gasteiger partial charge in [0.15, 0.2) is 0 Å². The Labute approximate surface area is 127 Å². The zero-order valence-corrected chi connectivity index (χ0v) is 13.1. The number of rotatable bonds is 4. The molecule has 0 saturated carbocycles. The molecule has 4 nitrogen and oxygen atoms in total. The van der Waals surface area contributed by atoms with E-state index in [1.165, 1.54) is 0 Å². The molecule has 3 aliphatic rings. The fourth-order valence-corrected chi connectivity index (χ4v) is 4.05. The molecule has 0 N–H and O–H groups in total. The summed E-state index contributed by atoms with van der Waals surface area (Å²) in [5.41, 5.74) is 1.04. The molecule has 4 heteroatoms. The maximum atomic E-state index is 12.7. The van der Waals surface area contributed by atoms with E-state index in [-0.39, 0.29) is 17.4 Å². The van der Waals surface area contributed by atoms with Crippen LogP contribution in [0.5, 0.6) is 0 Å². The van der Waals surface area contributed by atoms with Crippen LogP contribution in [0, 0.1) is 5.41 Å². The van der Waals surface area contributed by atoms with Gasteiger partial charge in [0.05, 0.1) is 12.7 Å². The van der Waals surface area contributed by atoms with Crippen LogP contribution in [-0.4, -0.2) is 49.8 Å².